The van der Waals surface area contributed by atoms with Crippen LogP contribution >= 0.6 is 55.1 Å². The highest BCUT2D eigenvalue weighted by atomic mass is 79.9. The van der Waals surface area contributed by atoms with Gasteiger partial charge in [-0.05, 0) is 46.3 Å². The maximum atomic E-state index is 12.0. The van der Waals surface area contributed by atoms with Crippen LogP contribution in [-0.2, 0) is 9.53 Å². The second-order valence-electron chi connectivity index (χ2n) is 4.53. The Morgan fingerprint density at radius 2 is 1.88 bits per heavy atom. The smallest absolute Gasteiger partial charge is 0.342 e. The molecule has 2 aromatic carbocycles. The van der Waals surface area contributed by atoms with Gasteiger partial charge < -0.3 is 15.2 Å². The van der Waals surface area contributed by atoms with Gasteiger partial charge in [0.15, 0.2) is 6.61 Å². The summed E-state index contributed by atoms with van der Waals surface area (Å²) in [7, 11) is 0. The van der Waals surface area contributed by atoms with Crippen molar-refractivity contribution in [1.29, 1.82) is 0 Å². The number of hydrogen-bond donors (Lipinski definition) is 2. The van der Waals surface area contributed by atoms with Gasteiger partial charge in [-0.25, -0.2) is 4.79 Å². The zero-order valence-corrected chi connectivity index (χ0v) is 16.5. The average molecular weight is 498 g/mol. The van der Waals surface area contributed by atoms with Crippen molar-refractivity contribution in [2.45, 2.75) is 0 Å². The highest BCUT2D eigenvalue weighted by Crippen LogP contribution is 2.32. The molecular weight excluding hydrogens is 489 g/mol. The van der Waals surface area contributed by atoms with Crippen LogP contribution in [0.5, 0.6) is 5.75 Å². The van der Waals surface area contributed by atoms with E-state index in [-0.39, 0.29) is 11.3 Å². The summed E-state index contributed by atoms with van der Waals surface area (Å²) in [4.78, 5) is 23.9. The van der Waals surface area contributed by atoms with Crippen molar-refractivity contribution in [3.8, 4) is 5.75 Å². The Bertz CT molecular complexity index is 814. The topological polar surface area (TPSA) is 75.6 Å². The van der Waals surface area contributed by atoms with E-state index in [1.54, 1.807) is 12.1 Å². The van der Waals surface area contributed by atoms with Gasteiger partial charge in [-0.2, -0.15) is 0 Å². The van der Waals surface area contributed by atoms with Gasteiger partial charge in [0.25, 0.3) is 5.91 Å². The van der Waals surface area contributed by atoms with E-state index in [2.05, 4.69) is 37.2 Å². The maximum absolute atomic E-state index is 12.0. The fourth-order valence-electron chi connectivity index (χ4n) is 1.71. The SMILES string of the molecule is O=C(COC(=O)c1cc(Br)cc(Br)c1O)Nc1cc(Cl)ccc1Cl. The third kappa shape index (κ3) is 4.86. The lowest BCUT2D eigenvalue weighted by Gasteiger charge is -2.10. The molecule has 5 nitrogen and oxygen atoms in total. The zero-order valence-electron chi connectivity index (χ0n) is 11.8. The molecule has 0 atom stereocenters. The molecule has 0 bridgehead atoms. The van der Waals surface area contributed by atoms with E-state index in [0.717, 1.165) is 0 Å². The third-order valence-electron chi connectivity index (χ3n) is 2.78. The van der Waals surface area contributed by atoms with Crippen molar-refractivity contribution in [2.75, 3.05) is 11.9 Å². The van der Waals surface area contributed by atoms with Gasteiger partial charge in [0.1, 0.15) is 11.3 Å². The molecule has 0 fully saturated rings. The van der Waals surface area contributed by atoms with E-state index in [4.69, 9.17) is 27.9 Å². The molecular formula is C15H9Br2Cl2NO4. The van der Waals surface area contributed by atoms with Crippen LogP contribution in [0.15, 0.2) is 39.3 Å². The maximum Gasteiger partial charge on any atom is 0.342 e. The summed E-state index contributed by atoms with van der Waals surface area (Å²) in [5.41, 5.74) is 0.225. The largest absolute Gasteiger partial charge is 0.506 e. The number of ether oxygens (including phenoxy) is 1. The quantitative estimate of drug-likeness (QED) is 0.582. The molecule has 0 radical (unpaired) electrons. The number of amides is 1. The van der Waals surface area contributed by atoms with Gasteiger partial charge in [0.2, 0.25) is 0 Å². The minimum Gasteiger partial charge on any atom is -0.506 e. The summed E-state index contributed by atoms with van der Waals surface area (Å²) in [5, 5.41) is 13.0. The Morgan fingerprint density at radius 1 is 1.17 bits per heavy atom. The minimum absolute atomic E-state index is 0.0789. The van der Waals surface area contributed by atoms with Gasteiger partial charge >= 0.3 is 5.97 Å². The summed E-state index contributed by atoms with van der Waals surface area (Å²) in [6.45, 7) is -0.550. The second kappa shape index (κ2) is 8.20. The zero-order chi connectivity index (χ0) is 17.9. The van der Waals surface area contributed by atoms with Crippen LogP contribution in [0.25, 0.3) is 0 Å². The summed E-state index contributed by atoms with van der Waals surface area (Å²) >= 11 is 18.1. The van der Waals surface area contributed by atoms with E-state index in [0.29, 0.717) is 24.7 Å². The van der Waals surface area contributed by atoms with Crippen molar-refractivity contribution in [3.63, 3.8) is 0 Å². The number of phenolic OH excluding ortho intramolecular Hbond substituents is 1. The first-order valence-electron chi connectivity index (χ1n) is 6.38. The summed E-state index contributed by atoms with van der Waals surface area (Å²) in [6, 6.07) is 7.53. The molecule has 0 saturated heterocycles. The molecule has 0 aliphatic carbocycles. The molecule has 0 aliphatic heterocycles. The van der Waals surface area contributed by atoms with Crippen molar-refractivity contribution < 1.29 is 19.4 Å². The molecule has 9 heteroatoms. The molecule has 2 aromatic rings. The minimum atomic E-state index is -0.846. The first kappa shape index (κ1) is 19.1. The Hall–Kier alpha value is -1.28. The normalized spacial score (nSPS) is 10.3. The average Bonchev–Trinajstić information content (AvgIpc) is 2.52. The van der Waals surface area contributed by atoms with E-state index < -0.39 is 18.5 Å². The lowest BCUT2D eigenvalue weighted by molar-refractivity contribution is -0.119. The van der Waals surface area contributed by atoms with Crippen LogP contribution in [0.2, 0.25) is 10.0 Å². The Balaban J connectivity index is 2.01. The molecule has 0 aromatic heterocycles. The fraction of sp³-hybridized carbons (Fsp3) is 0.0667. The van der Waals surface area contributed by atoms with Crippen molar-refractivity contribution in [1.82, 2.24) is 0 Å². The van der Waals surface area contributed by atoms with Crippen LogP contribution in [0, 0.1) is 0 Å². The first-order chi connectivity index (χ1) is 11.3. The van der Waals surface area contributed by atoms with E-state index in [9.17, 15) is 14.7 Å². The number of halogens is 4. The summed E-state index contributed by atoms with van der Waals surface area (Å²) in [5.74, 6) is -1.72. The monoisotopic (exact) mass is 495 g/mol. The summed E-state index contributed by atoms with van der Waals surface area (Å²) < 4.78 is 5.78. The molecule has 2 rings (SSSR count). The van der Waals surface area contributed by atoms with E-state index in [1.807, 2.05) is 0 Å². The third-order valence-corrected chi connectivity index (χ3v) is 4.41. The first-order valence-corrected chi connectivity index (χ1v) is 8.72. The lowest BCUT2D eigenvalue weighted by Crippen LogP contribution is -2.21. The molecule has 24 heavy (non-hydrogen) atoms. The van der Waals surface area contributed by atoms with Gasteiger partial charge in [0.05, 0.1) is 15.2 Å². The number of rotatable bonds is 4. The number of carbonyl (C=O) groups is 2. The lowest BCUT2D eigenvalue weighted by atomic mass is 10.2. The van der Waals surface area contributed by atoms with Crippen molar-refractivity contribution >= 4 is 72.6 Å². The molecule has 0 spiro atoms. The van der Waals surface area contributed by atoms with Gasteiger partial charge in [-0.15, -0.1) is 0 Å². The number of esters is 1. The van der Waals surface area contributed by atoms with Gasteiger partial charge in [-0.1, -0.05) is 39.1 Å². The van der Waals surface area contributed by atoms with Crippen LogP contribution in [0.1, 0.15) is 10.4 Å². The van der Waals surface area contributed by atoms with Crippen LogP contribution < -0.4 is 5.32 Å². The van der Waals surface area contributed by atoms with E-state index in [1.165, 1.54) is 18.2 Å². The highest BCUT2D eigenvalue weighted by molar-refractivity contribution is 9.11. The Kier molecular flexibility index (Phi) is 6.51. The number of carbonyl (C=O) groups excluding carboxylic acids is 2. The number of hydrogen-bond acceptors (Lipinski definition) is 4. The second-order valence-corrected chi connectivity index (χ2v) is 7.15. The van der Waals surface area contributed by atoms with Crippen LogP contribution in [0.3, 0.4) is 0 Å². The molecule has 0 heterocycles. The molecule has 0 aliphatic rings. The van der Waals surface area contributed by atoms with Gasteiger partial charge in [0, 0.05) is 9.50 Å². The molecule has 2 N–H and O–H groups in total. The summed E-state index contributed by atoms with van der Waals surface area (Å²) in [6.07, 6.45) is 0. The number of aromatic hydroxyl groups is 1. The Labute approximate surface area is 164 Å². The van der Waals surface area contributed by atoms with Crippen molar-refractivity contribution in [2.24, 2.45) is 0 Å². The van der Waals surface area contributed by atoms with Crippen LogP contribution in [-0.4, -0.2) is 23.6 Å². The van der Waals surface area contributed by atoms with Gasteiger partial charge in [-0.3, -0.25) is 4.79 Å². The number of anilines is 1. The fourth-order valence-corrected chi connectivity index (χ4v) is 3.27. The number of benzene rings is 2. The Morgan fingerprint density at radius 3 is 2.58 bits per heavy atom. The molecule has 0 unspecified atom stereocenters. The standard InChI is InChI=1S/C15H9Br2Cl2NO4/c16-7-3-9(14(22)10(17)4-7)15(23)24-6-13(21)20-12-5-8(18)1-2-11(12)19/h1-5,22H,6H2,(H,20,21). The predicted molar refractivity (Wildman–Crippen MR) is 98.9 cm³/mol. The number of phenols is 1. The van der Waals surface area contributed by atoms with E-state index >= 15 is 0 Å². The van der Waals surface area contributed by atoms with Crippen LogP contribution in [0.4, 0.5) is 5.69 Å². The highest BCUT2D eigenvalue weighted by Gasteiger charge is 2.18. The number of nitrogens with one attached hydrogen (secondary N) is 1. The van der Waals surface area contributed by atoms with Crippen molar-refractivity contribution in [3.05, 3.63) is 54.9 Å². The molecule has 0 saturated carbocycles. The molecule has 126 valence electrons. The molecule has 1 amide bonds. The predicted octanol–water partition coefficient (Wildman–Crippen LogP) is 5.02.